The number of ether oxygens (including phenoxy) is 1. The van der Waals surface area contributed by atoms with Gasteiger partial charge in [0.15, 0.2) is 0 Å². The molecule has 0 unspecified atom stereocenters. The predicted octanol–water partition coefficient (Wildman–Crippen LogP) is 0.726. The van der Waals surface area contributed by atoms with Crippen LogP contribution in [0.4, 0.5) is 5.82 Å². The van der Waals surface area contributed by atoms with Crippen LogP contribution in [0.3, 0.4) is 0 Å². The van der Waals surface area contributed by atoms with Gasteiger partial charge in [-0.15, -0.1) is 0 Å². The van der Waals surface area contributed by atoms with E-state index in [0.717, 1.165) is 37.7 Å². The van der Waals surface area contributed by atoms with Gasteiger partial charge in [0.1, 0.15) is 5.82 Å². The molecule has 0 aliphatic carbocycles. The largest absolute Gasteiger partial charge is 0.411 e. The van der Waals surface area contributed by atoms with Crippen molar-refractivity contribution in [2.75, 3.05) is 31.2 Å². The van der Waals surface area contributed by atoms with Gasteiger partial charge in [0.05, 0.1) is 19.4 Å². The van der Waals surface area contributed by atoms with Crippen molar-refractivity contribution >= 4 is 12.0 Å². The zero-order valence-corrected chi connectivity index (χ0v) is 8.33. The number of morpholine rings is 1. The molecule has 0 spiro atoms. The summed E-state index contributed by atoms with van der Waals surface area (Å²) in [5, 5.41) is 11.3. The summed E-state index contributed by atoms with van der Waals surface area (Å²) >= 11 is 0. The van der Waals surface area contributed by atoms with E-state index in [2.05, 4.69) is 15.0 Å². The molecule has 0 bridgehead atoms. The third-order valence-corrected chi connectivity index (χ3v) is 2.31. The minimum absolute atomic E-state index is 0.752. The molecule has 1 aromatic heterocycles. The first-order valence-electron chi connectivity index (χ1n) is 4.86. The number of pyridine rings is 1. The topological polar surface area (TPSA) is 58.0 Å². The molecule has 1 N–H and O–H groups in total. The van der Waals surface area contributed by atoms with E-state index in [9.17, 15) is 0 Å². The van der Waals surface area contributed by atoms with Crippen molar-refractivity contribution in [2.45, 2.75) is 0 Å². The number of hydrogen-bond acceptors (Lipinski definition) is 5. The van der Waals surface area contributed by atoms with E-state index in [1.54, 1.807) is 6.20 Å². The molecule has 0 atom stereocenters. The van der Waals surface area contributed by atoms with Crippen molar-refractivity contribution < 1.29 is 9.94 Å². The fourth-order valence-electron chi connectivity index (χ4n) is 1.52. The Bertz CT molecular complexity index is 331. The van der Waals surface area contributed by atoms with Crippen LogP contribution in [0, 0.1) is 0 Å². The fourth-order valence-corrected chi connectivity index (χ4v) is 1.52. The summed E-state index contributed by atoms with van der Waals surface area (Å²) in [6, 6.07) is 3.79. The van der Waals surface area contributed by atoms with Gasteiger partial charge in [0.25, 0.3) is 0 Å². The molecule has 0 radical (unpaired) electrons. The highest BCUT2D eigenvalue weighted by atomic mass is 16.5. The van der Waals surface area contributed by atoms with Gasteiger partial charge in [-0.05, 0) is 12.1 Å². The molecule has 5 heteroatoms. The van der Waals surface area contributed by atoms with Crippen LogP contribution >= 0.6 is 0 Å². The highest BCUT2D eigenvalue weighted by molar-refractivity contribution is 5.78. The molecule has 2 heterocycles. The zero-order chi connectivity index (χ0) is 10.5. The second kappa shape index (κ2) is 4.75. The maximum absolute atomic E-state index is 8.35. The maximum Gasteiger partial charge on any atom is 0.128 e. The van der Waals surface area contributed by atoms with Crippen LogP contribution in [0.15, 0.2) is 23.5 Å². The van der Waals surface area contributed by atoms with E-state index in [-0.39, 0.29) is 0 Å². The van der Waals surface area contributed by atoms with Crippen LogP contribution < -0.4 is 4.90 Å². The molecular weight excluding hydrogens is 194 g/mol. The van der Waals surface area contributed by atoms with Gasteiger partial charge in [0, 0.05) is 24.8 Å². The van der Waals surface area contributed by atoms with Gasteiger partial charge in [-0.3, -0.25) is 0 Å². The predicted molar refractivity (Wildman–Crippen MR) is 56.6 cm³/mol. The summed E-state index contributed by atoms with van der Waals surface area (Å²) in [5.74, 6) is 0.938. The van der Waals surface area contributed by atoms with Crippen LogP contribution in [0.5, 0.6) is 0 Å². The minimum Gasteiger partial charge on any atom is -0.411 e. The van der Waals surface area contributed by atoms with Crippen LogP contribution in [-0.4, -0.2) is 42.7 Å². The van der Waals surface area contributed by atoms with Crippen molar-refractivity contribution in [3.63, 3.8) is 0 Å². The highest BCUT2D eigenvalue weighted by Gasteiger charge is 2.11. The van der Waals surface area contributed by atoms with Crippen LogP contribution in [0.25, 0.3) is 0 Å². The summed E-state index contributed by atoms with van der Waals surface area (Å²) in [7, 11) is 0. The van der Waals surface area contributed by atoms with Gasteiger partial charge in [0.2, 0.25) is 0 Å². The molecule has 1 aliphatic rings. The van der Waals surface area contributed by atoms with E-state index in [1.165, 1.54) is 6.21 Å². The van der Waals surface area contributed by atoms with E-state index >= 15 is 0 Å². The van der Waals surface area contributed by atoms with Crippen molar-refractivity contribution in [1.82, 2.24) is 4.98 Å². The molecule has 2 rings (SSSR count). The third-order valence-electron chi connectivity index (χ3n) is 2.31. The Kier molecular flexibility index (Phi) is 3.14. The Morgan fingerprint density at radius 2 is 2.20 bits per heavy atom. The number of oxime groups is 1. The Hall–Kier alpha value is -1.62. The molecule has 1 saturated heterocycles. The lowest BCUT2D eigenvalue weighted by molar-refractivity contribution is 0.122. The van der Waals surface area contributed by atoms with Gasteiger partial charge in [-0.1, -0.05) is 5.16 Å². The van der Waals surface area contributed by atoms with E-state index in [0.29, 0.717) is 0 Å². The first kappa shape index (κ1) is 9.92. The number of nitrogens with zero attached hydrogens (tertiary/aromatic N) is 3. The smallest absolute Gasteiger partial charge is 0.128 e. The van der Waals surface area contributed by atoms with E-state index < -0.39 is 0 Å². The lowest BCUT2D eigenvalue weighted by Gasteiger charge is -2.27. The molecule has 0 aromatic carbocycles. The maximum atomic E-state index is 8.35. The standard InChI is InChI=1S/C10H13N3O2/c14-12-8-9-1-2-10(11-7-9)13-3-5-15-6-4-13/h1-2,7-8,14H,3-6H2/b12-8-. The average molecular weight is 207 g/mol. The first-order chi connectivity index (χ1) is 7.40. The van der Waals surface area contributed by atoms with Gasteiger partial charge in [-0.25, -0.2) is 4.98 Å². The lowest BCUT2D eigenvalue weighted by atomic mass is 10.3. The zero-order valence-electron chi connectivity index (χ0n) is 8.33. The monoisotopic (exact) mass is 207 g/mol. The molecule has 1 aliphatic heterocycles. The average Bonchev–Trinajstić information content (AvgIpc) is 2.32. The fraction of sp³-hybridized carbons (Fsp3) is 0.400. The Labute approximate surface area is 88.0 Å². The Morgan fingerprint density at radius 1 is 1.40 bits per heavy atom. The van der Waals surface area contributed by atoms with E-state index in [4.69, 9.17) is 9.94 Å². The highest BCUT2D eigenvalue weighted by Crippen LogP contribution is 2.12. The molecule has 5 nitrogen and oxygen atoms in total. The second-order valence-electron chi connectivity index (χ2n) is 3.29. The van der Waals surface area contributed by atoms with Gasteiger partial charge < -0.3 is 14.8 Å². The van der Waals surface area contributed by atoms with Crippen molar-refractivity contribution in [2.24, 2.45) is 5.16 Å². The Morgan fingerprint density at radius 3 is 2.80 bits per heavy atom. The molecule has 0 amide bonds. The molecule has 15 heavy (non-hydrogen) atoms. The summed E-state index contributed by atoms with van der Waals surface area (Å²) in [6.07, 6.45) is 3.04. The van der Waals surface area contributed by atoms with Crippen molar-refractivity contribution in [3.05, 3.63) is 23.9 Å². The third kappa shape index (κ3) is 2.44. The SMILES string of the molecule is O/N=C\c1ccc(N2CCOCC2)nc1. The van der Waals surface area contributed by atoms with Crippen LogP contribution in [0.1, 0.15) is 5.56 Å². The summed E-state index contributed by atoms with van der Waals surface area (Å²) in [5.41, 5.74) is 0.787. The summed E-state index contributed by atoms with van der Waals surface area (Å²) in [4.78, 5) is 6.46. The summed E-state index contributed by atoms with van der Waals surface area (Å²) < 4.78 is 5.26. The van der Waals surface area contributed by atoms with Crippen molar-refractivity contribution in [1.29, 1.82) is 0 Å². The normalized spacial score (nSPS) is 17.2. The summed E-state index contributed by atoms with van der Waals surface area (Å²) in [6.45, 7) is 3.25. The van der Waals surface area contributed by atoms with Gasteiger partial charge >= 0.3 is 0 Å². The number of hydrogen-bond donors (Lipinski definition) is 1. The van der Waals surface area contributed by atoms with Gasteiger partial charge in [-0.2, -0.15) is 0 Å². The second-order valence-corrected chi connectivity index (χ2v) is 3.29. The molecular formula is C10H13N3O2. The van der Waals surface area contributed by atoms with Crippen LogP contribution in [0.2, 0.25) is 0 Å². The lowest BCUT2D eigenvalue weighted by Crippen LogP contribution is -2.36. The Balaban J connectivity index is 2.08. The quantitative estimate of drug-likeness (QED) is 0.441. The number of aromatic nitrogens is 1. The van der Waals surface area contributed by atoms with Crippen LogP contribution in [-0.2, 0) is 4.74 Å². The van der Waals surface area contributed by atoms with Crippen molar-refractivity contribution in [3.8, 4) is 0 Å². The van der Waals surface area contributed by atoms with E-state index in [1.807, 2.05) is 12.1 Å². The number of anilines is 1. The molecule has 1 fully saturated rings. The minimum atomic E-state index is 0.752. The molecule has 0 saturated carbocycles. The first-order valence-corrected chi connectivity index (χ1v) is 4.86. The number of rotatable bonds is 2. The molecule has 1 aromatic rings. The molecule has 80 valence electrons.